The van der Waals surface area contributed by atoms with Crippen LogP contribution in [0.4, 0.5) is 0 Å². The first-order valence-electron chi connectivity index (χ1n) is 7.79. The topological polar surface area (TPSA) is 49.4 Å². The van der Waals surface area contributed by atoms with Crippen LogP contribution in [0.15, 0.2) is 11.0 Å². The molecule has 3 rings (SSSR count). The number of nitrogens with zero attached hydrogens (tertiary/aromatic N) is 1. The molecule has 118 valence electrons. The minimum atomic E-state index is -3.34. The molecule has 1 N–H and O–H groups in total. The fourth-order valence-electron chi connectivity index (χ4n) is 3.02. The van der Waals surface area contributed by atoms with E-state index in [-0.39, 0.29) is 6.04 Å². The summed E-state index contributed by atoms with van der Waals surface area (Å²) in [5.74, 6) is 0. The van der Waals surface area contributed by atoms with Crippen LogP contribution in [0.5, 0.6) is 0 Å². The van der Waals surface area contributed by atoms with E-state index in [1.165, 1.54) is 12.8 Å². The van der Waals surface area contributed by atoms with Crippen LogP contribution in [-0.2, 0) is 16.6 Å². The van der Waals surface area contributed by atoms with E-state index in [1.54, 1.807) is 22.7 Å². The van der Waals surface area contributed by atoms with Crippen molar-refractivity contribution < 1.29 is 8.42 Å². The highest BCUT2D eigenvalue weighted by molar-refractivity contribution is 7.89. The third kappa shape index (κ3) is 3.33. The van der Waals surface area contributed by atoms with Crippen LogP contribution in [0.3, 0.4) is 0 Å². The van der Waals surface area contributed by atoms with Gasteiger partial charge in [0.2, 0.25) is 10.0 Å². The van der Waals surface area contributed by atoms with Crippen LogP contribution < -0.4 is 5.32 Å². The Labute approximate surface area is 131 Å². The lowest BCUT2D eigenvalue weighted by molar-refractivity contribution is 0.373. The molecule has 0 aliphatic heterocycles. The molecule has 0 bridgehead atoms. The molecule has 0 amide bonds. The third-order valence-corrected chi connectivity index (χ3v) is 7.78. The van der Waals surface area contributed by atoms with Crippen molar-refractivity contribution in [2.75, 3.05) is 7.05 Å². The predicted octanol–water partition coefficient (Wildman–Crippen LogP) is 2.87. The maximum Gasteiger partial charge on any atom is 0.244 e. The van der Waals surface area contributed by atoms with Crippen molar-refractivity contribution in [1.82, 2.24) is 9.62 Å². The summed E-state index contributed by atoms with van der Waals surface area (Å²) >= 11 is 1.60. The number of aryl methyl sites for hydroxylation is 1. The predicted molar refractivity (Wildman–Crippen MR) is 86.1 cm³/mol. The first-order valence-corrected chi connectivity index (χ1v) is 10.0. The van der Waals surface area contributed by atoms with Gasteiger partial charge in [-0.05, 0) is 38.7 Å². The van der Waals surface area contributed by atoms with E-state index in [0.29, 0.717) is 10.9 Å². The summed E-state index contributed by atoms with van der Waals surface area (Å²) in [6.07, 6.45) is 6.78. The monoisotopic (exact) mass is 328 g/mol. The SMILES string of the molecule is Cc1sc(CNC2CC2)cc1S(=O)(=O)N(C)C1CCCC1. The van der Waals surface area contributed by atoms with E-state index >= 15 is 0 Å². The van der Waals surface area contributed by atoms with Gasteiger partial charge in [0.15, 0.2) is 0 Å². The van der Waals surface area contributed by atoms with Gasteiger partial charge in [-0.1, -0.05) is 12.8 Å². The number of thiophene rings is 1. The second-order valence-corrected chi connectivity index (χ2v) is 9.55. The maximum atomic E-state index is 12.8. The van der Waals surface area contributed by atoms with Gasteiger partial charge in [0, 0.05) is 35.4 Å². The van der Waals surface area contributed by atoms with Gasteiger partial charge in [-0.3, -0.25) is 0 Å². The minimum Gasteiger partial charge on any atom is -0.309 e. The van der Waals surface area contributed by atoms with Gasteiger partial charge < -0.3 is 5.32 Å². The molecule has 0 atom stereocenters. The number of nitrogens with one attached hydrogen (secondary N) is 1. The highest BCUT2D eigenvalue weighted by Crippen LogP contribution is 2.32. The molecule has 2 aliphatic carbocycles. The van der Waals surface area contributed by atoms with Crippen molar-refractivity contribution >= 4 is 21.4 Å². The summed E-state index contributed by atoms with van der Waals surface area (Å²) < 4.78 is 27.2. The van der Waals surface area contributed by atoms with E-state index in [9.17, 15) is 8.42 Å². The molecule has 0 unspecified atom stereocenters. The van der Waals surface area contributed by atoms with Crippen molar-refractivity contribution in [3.63, 3.8) is 0 Å². The Bertz CT molecular complexity index is 599. The molecule has 6 heteroatoms. The summed E-state index contributed by atoms with van der Waals surface area (Å²) in [7, 11) is -1.60. The van der Waals surface area contributed by atoms with Gasteiger partial charge in [-0.25, -0.2) is 8.42 Å². The lowest BCUT2D eigenvalue weighted by Crippen LogP contribution is -2.35. The van der Waals surface area contributed by atoms with E-state index in [2.05, 4.69) is 5.32 Å². The molecule has 1 heterocycles. The van der Waals surface area contributed by atoms with E-state index in [1.807, 2.05) is 13.0 Å². The molecule has 1 aromatic rings. The minimum absolute atomic E-state index is 0.183. The summed E-state index contributed by atoms with van der Waals surface area (Å²) in [4.78, 5) is 2.54. The Hall–Kier alpha value is -0.430. The summed E-state index contributed by atoms with van der Waals surface area (Å²) in [6.45, 7) is 2.71. The van der Waals surface area contributed by atoms with Crippen LogP contribution in [0.2, 0.25) is 0 Å². The Morgan fingerprint density at radius 3 is 2.57 bits per heavy atom. The standard InChI is InChI=1S/C15H24N2O2S2/c1-11-15(9-14(20-11)10-16-12-7-8-12)21(18,19)17(2)13-5-3-4-6-13/h9,12-13,16H,3-8,10H2,1-2H3. The molecular weight excluding hydrogens is 304 g/mol. The van der Waals surface area contributed by atoms with E-state index < -0.39 is 10.0 Å². The molecule has 1 aromatic heterocycles. The van der Waals surface area contributed by atoms with E-state index in [0.717, 1.165) is 42.0 Å². The zero-order chi connectivity index (χ0) is 15.0. The van der Waals surface area contributed by atoms with Gasteiger partial charge in [-0.15, -0.1) is 11.3 Å². The molecule has 21 heavy (non-hydrogen) atoms. The number of rotatable bonds is 6. The molecular formula is C15H24N2O2S2. The quantitative estimate of drug-likeness (QED) is 0.873. The van der Waals surface area contributed by atoms with Crippen LogP contribution in [0, 0.1) is 6.92 Å². The lowest BCUT2D eigenvalue weighted by atomic mass is 10.3. The van der Waals surface area contributed by atoms with Gasteiger partial charge in [0.05, 0.1) is 4.90 Å². The maximum absolute atomic E-state index is 12.8. The molecule has 2 aliphatic rings. The second-order valence-electron chi connectivity index (χ2n) is 6.25. The largest absolute Gasteiger partial charge is 0.309 e. The van der Waals surface area contributed by atoms with Gasteiger partial charge in [-0.2, -0.15) is 4.31 Å². The molecule has 0 spiro atoms. The van der Waals surface area contributed by atoms with Crippen LogP contribution in [0.25, 0.3) is 0 Å². The number of sulfonamides is 1. The van der Waals surface area contributed by atoms with Crippen molar-refractivity contribution in [2.24, 2.45) is 0 Å². The van der Waals surface area contributed by atoms with Crippen molar-refractivity contribution in [1.29, 1.82) is 0 Å². The van der Waals surface area contributed by atoms with Gasteiger partial charge in [0.1, 0.15) is 0 Å². The number of hydrogen-bond acceptors (Lipinski definition) is 4. The smallest absolute Gasteiger partial charge is 0.244 e. The average molecular weight is 329 g/mol. The van der Waals surface area contributed by atoms with Crippen LogP contribution in [0.1, 0.15) is 48.3 Å². The fourth-order valence-corrected chi connectivity index (χ4v) is 5.99. The third-order valence-electron chi connectivity index (χ3n) is 4.56. The normalized spacial score (nSPS) is 20.5. The van der Waals surface area contributed by atoms with Crippen LogP contribution in [-0.4, -0.2) is 31.9 Å². The Morgan fingerprint density at radius 1 is 1.29 bits per heavy atom. The first kappa shape index (κ1) is 15.5. The molecule has 0 saturated heterocycles. The van der Waals surface area contributed by atoms with Crippen molar-refractivity contribution in [3.8, 4) is 0 Å². The number of hydrogen-bond donors (Lipinski definition) is 1. The van der Waals surface area contributed by atoms with E-state index in [4.69, 9.17) is 0 Å². The highest BCUT2D eigenvalue weighted by atomic mass is 32.2. The zero-order valence-corrected chi connectivity index (χ0v) is 14.4. The molecule has 2 fully saturated rings. The van der Waals surface area contributed by atoms with Gasteiger partial charge >= 0.3 is 0 Å². The average Bonchev–Trinajstić information content (AvgIpc) is 2.97. The van der Waals surface area contributed by atoms with Gasteiger partial charge in [0.25, 0.3) is 0 Å². The lowest BCUT2D eigenvalue weighted by Gasteiger charge is -2.23. The summed E-state index contributed by atoms with van der Waals surface area (Å²) in [5.41, 5.74) is 0. The summed E-state index contributed by atoms with van der Waals surface area (Å²) in [6, 6.07) is 2.70. The van der Waals surface area contributed by atoms with Crippen molar-refractivity contribution in [2.45, 2.75) is 69.0 Å². The highest BCUT2D eigenvalue weighted by Gasteiger charge is 2.32. The fraction of sp³-hybridized carbons (Fsp3) is 0.733. The molecule has 0 aromatic carbocycles. The molecule has 0 radical (unpaired) electrons. The van der Waals surface area contributed by atoms with Crippen molar-refractivity contribution in [3.05, 3.63) is 15.8 Å². The summed E-state index contributed by atoms with van der Waals surface area (Å²) in [5, 5.41) is 3.45. The Morgan fingerprint density at radius 2 is 1.95 bits per heavy atom. The Kier molecular flexibility index (Phi) is 4.41. The first-order chi connectivity index (χ1) is 9.98. The molecule has 2 saturated carbocycles. The van der Waals surface area contributed by atoms with Crippen LogP contribution >= 0.6 is 11.3 Å². The zero-order valence-electron chi connectivity index (χ0n) is 12.8. The molecule has 4 nitrogen and oxygen atoms in total. The Balaban J connectivity index is 1.76. The second kappa shape index (κ2) is 5.99.